The summed E-state index contributed by atoms with van der Waals surface area (Å²) in [5.74, 6) is 0.744. The van der Waals surface area contributed by atoms with E-state index in [0.717, 1.165) is 12.4 Å². The van der Waals surface area contributed by atoms with Gasteiger partial charge in [0.1, 0.15) is 10.3 Å². The Hall–Kier alpha value is -0.680. The Bertz CT molecular complexity index is 387. The molecule has 0 radical (unpaired) electrons. The van der Waals surface area contributed by atoms with Crippen LogP contribution in [-0.4, -0.2) is 22.1 Å². The molecule has 0 aliphatic carbocycles. The molecule has 0 aliphatic heterocycles. The van der Waals surface area contributed by atoms with Crippen molar-refractivity contribution in [2.45, 2.75) is 33.4 Å². The second kappa shape index (κ2) is 5.42. The molecular weight excluding hydrogens is 258 g/mol. The topological polar surface area (TPSA) is 46.9 Å². The summed E-state index contributed by atoms with van der Waals surface area (Å²) in [5, 5.41) is 3.27. The minimum absolute atomic E-state index is 0.0203. The van der Waals surface area contributed by atoms with E-state index in [2.05, 4.69) is 40.1 Å². The number of rotatable bonds is 4. The first-order valence-electron chi connectivity index (χ1n) is 4.97. The largest absolute Gasteiger partial charge is 0.313 e. The third kappa shape index (κ3) is 3.43. The van der Waals surface area contributed by atoms with Crippen LogP contribution >= 0.6 is 15.9 Å². The third-order valence-corrected chi connectivity index (χ3v) is 2.64. The van der Waals surface area contributed by atoms with Gasteiger partial charge in [-0.25, -0.2) is 4.98 Å². The van der Waals surface area contributed by atoms with Gasteiger partial charge in [-0.1, -0.05) is 13.8 Å². The number of halogens is 1. The molecule has 0 saturated carbocycles. The smallest absolute Gasteiger partial charge is 0.267 e. The van der Waals surface area contributed by atoms with Crippen molar-refractivity contribution in [3.05, 3.63) is 26.8 Å². The maximum atomic E-state index is 11.7. The summed E-state index contributed by atoms with van der Waals surface area (Å²) in [6, 6.07) is 0.432. The Balaban J connectivity index is 2.76. The number of hydrogen-bond donors (Lipinski definition) is 1. The van der Waals surface area contributed by atoms with Gasteiger partial charge in [0.2, 0.25) is 0 Å². The van der Waals surface area contributed by atoms with E-state index in [0.29, 0.717) is 17.1 Å². The number of aryl methyl sites for hydroxylation is 1. The molecule has 0 atom stereocenters. The number of aromatic nitrogens is 2. The highest BCUT2D eigenvalue weighted by atomic mass is 79.9. The van der Waals surface area contributed by atoms with Crippen molar-refractivity contribution < 1.29 is 0 Å². The van der Waals surface area contributed by atoms with Gasteiger partial charge in [0.15, 0.2) is 0 Å². The first kappa shape index (κ1) is 12.4. The molecule has 15 heavy (non-hydrogen) atoms. The Labute approximate surface area is 97.8 Å². The Kier molecular flexibility index (Phi) is 4.47. The maximum absolute atomic E-state index is 11.7. The summed E-state index contributed by atoms with van der Waals surface area (Å²) >= 11 is 3.18. The maximum Gasteiger partial charge on any atom is 0.267 e. The van der Waals surface area contributed by atoms with Gasteiger partial charge in [0.05, 0.1) is 0 Å². The summed E-state index contributed by atoms with van der Waals surface area (Å²) in [6.45, 7) is 7.42. The summed E-state index contributed by atoms with van der Waals surface area (Å²) < 4.78 is 2.18. The van der Waals surface area contributed by atoms with Crippen LogP contribution in [-0.2, 0) is 6.54 Å². The van der Waals surface area contributed by atoms with Crippen molar-refractivity contribution >= 4 is 15.9 Å². The van der Waals surface area contributed by atoms with Gasteiger partial charge in [-0.3, -0.25) is 9.36 Å². The average molecular weight is 274 g/mol. The lowest BCUT2D eigenvalue weighted by molar-refractivity contribution is 0.522. The van der Waals surface area contributed by atoms with E-state index in [1.807, 2.05) is 6.92 Å². The van der Waals surface area contributed by atoms with E-state index in [4.69, 9.17) is 0 Å². The predicted molar refractivity (Wildman–Crippen MR) is 64.1 cm³/mol. The van der Waals surface area contributed by atoms with E-state index >= 15 is 0 Å². The van der Waals surface area contributed by atoms with Crippen LogP contribution in [0.1, 0.15) is 19.7 Å². The molecule has 84 valence electrons. The first-order valence-corrected chi connectivity index (χ1v) is 5.77. The van der Waals surface area contributed by atoms with Crippen LogP contribution in [0.4, 0.5) is 0 Å². The molecule has 0 spiro atoms. The summed E-state index contributed by atoms with van der Waals surface area (Å²) in [6.07, 6.45) is 1.55. The molecule has 0 saturated heterocycles. The summed E-state index contributed by atoms with van der Waals surface area (Å²) in [7, 11) is 0. The molecule has 1 heterocycles. The van der Waals surface area contributed by atoms with Crippen LogP contribution in [0.2, 0.25) is 0 Å². The lowest BCUT2D eigenvalue weighted by Crippen LogP contribution is -2.32. The molecule has 0 bridgehead atoms. The second-order valence-corrected chi connectivity index (χ2v) is 4.57. The van der Waals surface area contributed by atoms with Crippen molar-refractivity contribution in [2.24, 2.45) is 0 Å². The molecule has 0 unspecified atom stereocenters. The van der Waals surface area contributed by atoms with Crippen molar-refractivity contribution in [1.29, 1.82) is 0 Å². The number of nitrogens with one attached hydrogen (secondary N) is 1. The van der Waals surface area contributed by atoms with E-state index in [-0.39, 0.29) is 5.56 Å². The quantitative estimate of drug-likeness (QED) is 0.900. The standard InChI is InChI=1S/C10H16BrN3O/c1-7(2)12-4-5-14-8(3)13-6-9(11)10(14)15/h6-7,12H,4-5H2,1-3H3. The van der Waals surface area contributed by atoms with Gasteiger partial charge in [-0.2, -0.15) is 0 Å². The van der Waals surface area contributed by atoms with E-state index < -0.39 is 0 Å². The molecule has 5 heteroatoms. The Morgan fingerprint density at radius 2 is 2.27 bits per heavy atom. The van der Waals surface area contributed by atoms with E-state index in [1.165, 1.54) is 0 Å². The molecule has 0 aromatic carbocycles. The normalized spacial score (nSPS) is 11.0. The Morgan fingerprint density at radius 3 is 2.87 bits per heavy atom. The molecule has 1 rings (SSSR count). The van der Waals surface area contributed by atoms with E-state index in [1.54, 1.807) is 10.8 Å². The Morgan fingerprint density at radius 1 is 1.60 bits per heavy atom. The lowest BCUT2D eigenvalue weighted by Gasteiger charge is -2.11. The minimum atomic E-state index is -0.0203. The predicted octanol–water partition coefficient (Wildman–Crippen LogP) is 1.31. The zero-order valence-corrected chi connectivity index (χ0v) is 10.8. The van der Waals surface area contributed by atoms with Crippen molar-refractivity contribution in [2.75, 3.05) is 6.54 Å². The van der Waals surface area contributed by atoms with Gasteiger partial charge in [-0.15, -0.1) is 0 Å². The van der Waals surface area contributed by atoms with Crippen LogP contribution in [0.15, 0.2) is 15.5 Å². The number of nitrogens with zero attached hydrogens (tertiary/aromatic N) is 2. The molecule has 1 aromatic rings. The van der Waals surface area contributed by atoms with Crippen LogP contribution in [0.3, 0.4) is 0 Å². The highest BCUT2D eigenvalue weighted by molar-refractivity contribution is 9.10. The third-order valence-electron chi connectivity index (χ3n) is 2.09. The zero-order valence-electron chi connectivity index (χ0n) is 9.25. The van der Waals surface area contributed by atoms with Gasteiger partial charge < -0.3 is 5.32 Å². The minimum Gasteiger partial charge on any atom is -0.313 e. The van der Waals surface area contributed by atoms with Crippen LogP contribution in [0.5, 0.6) is 0 Å². The first-order chi connectivity index (χ1) is 7.02. The van der Waals surface area contributed by atoms with Gasteiger partial charge in [0, 0.05) is 25.3 Å². The van der Waals surface area contributed by atoms with Crippen molar-refractivity contribution in [1.82, 2.24) is 14.9 Å². The van der Waals surface area contributed by atoms with Crippen molar-refractivity contribution in [3.8, 4) is 0 Å². The molecule has 4 nitrogen and oxygen atoms in total. The van der Waals surface area contributed by atoms with Gasteiger partial charge >= 0.3 is 0 Å². The molecule has 0 aliphatic rings. The molecule has 0 fully saturated rings. The molecular formula is C10H16BrN3O. The zero-order chi connectivity index (χ0) is 11.4. The molecule has 1 aromatic heterocycles. The van der Waals surface area contributed by atoms with E-state index in [9.17, 15) is 4.79 Å². The van der Waals surface area contributed by atoms with Crippen molar-refractivity contribution in [3.63, 3.8) is 0 Å². The fourth-order valence-corrected chi connectivity index (χ4v) is 1.60. The SMILES string of the molecule is Cc1ncc(Br)c(=O)n1CCNC(C)C. The van der Waals surface area contributed by atoms with Crippen LogP contribution in [0, 0.1) is 6.92 Å². The second-order valence-electron chi connectivity index (χ2n) is 3.72. The highest BCUT2D eigenvalue weighted by Crippen LogP contribution is 2.00. The summed E-state index contributed by atoms with van der Waals surface area (Å²) in [5.41, 5.74) is -0.0203. The molecule has 1 N–H and O–H groups in total. The van der Waals surface area contributed by atoms with Gasteiger partial charge in [0.25, 0.3) is 5.56 Å². The lowest BCUT2D eigenvalue weighted by atomic mass is 10.4. The fourth-order valence-electron chi connectivity index (χ4n) is 1.28. The number of hydrogen-bond acceptors (Lipinski definition) is 3. The average Bonchev–Trinajstić information content (AvgIpc) is 2.17. The monoisotopic (exact) mass is 273 g/mol. The van der Waals surface area contributed by atoms with Crippen LogP contribution < -0.4 is 10.9 Å². The van der Waals surface area contributed by atoms with Crippen LogP contribution in [0.25, 0.3) is 0 Å². The molecule has 0 amide bonds. The highest BCUT2D eigenvalue weighted by Gasteiger charge is 2.04. The fraction of sp³-hybridized carbons (Fsp3) is 0.600. The van der Waals surface area contributed by atoms with Gasteiger partial charge in [-0.05, 0) is 22.9 Å². The summed E-state index contributed by atoms with van der Waals surface area (Å²) in [4.78, 5) is 15.8.